The number of nitrogens with two attached hydrogens (primary N) is 1. The number of ether oxygens (including phenoxy) is 1. The van der Waals surface area contributed by atoms with Crippen molar-refractivity contribution in [3.63, 3.8) is 0 Å². The summed E-state index contributed by atoms with van der Waals surface area (Å²) in [6, 6.07) is 5.57. The van der Waals surface area contributed by atoms with E-state index >= 15 is 0 Å². The summed E-state index contributed by atoms with van der Waals surface area (Å²) in [5.41, 5.74) is 7.11. The van der Waals surface area contributed by atoms with Crippen molar-refractivity contribution in [2.45, 2.75) is 64.5 Å². The highest BCUT2D eigenvalue weighted by molar-refractivity contribution is 5.83. The molecule has 6 heteroatoms. The normalized spacial score (nSPS) is 27.5. The molecule has 2 atom stereocenters. The maximum atomic E-state index is 14.0. The second kappa shape index (κ2) is 8.58. The zero-order valence-corrected chi connectivity index (χ0v) is 18.1. The van der Waals surface area contributed by atoms with E-state index in [2.05, 4.69) is 11.9 Å². The van der Waals surface area contributed by atoms with Gasteiger partial charge in [0, 0.05) is 24.0 Å². The number of aryl methyl sites for hydroxylation is 1. The molecular formula is C25H30F2N2O2. The van der Waals surface area contributed by atoms with Crippen molar-refractivity contribution in [1.29, 1.82) is 0 Å². The van der Waals surface area contributed by atoms with Crippen LogP contribution in [0.15, 0.2) is 53.0 Å². The Labute approximate surface area is 181 Å². The smallest absolute Gasteiger partial charge is 0.255 e. The van der Waals surface area contributed by atoms with Crippen molar-refractivity contribution >= 4 is 10.8 Å². The van der Waals surface area contributed by atoms with Gasteiger partial charge in [0.05, 0.1) is 6.10 Å². The Morgan fingerprint density at radius 3 is 2.71 bits per heavy atom. The molecule has 0 radical (unpaired) electrons. The molecule has 0 aliphatic heterocycles. The molecule has 2 aliphatic carbocycles. The summed E-state index contributed by atoms with van der Waals surface area (Å²) >= 11 is 0. The largest absolute Gasteiger partial charge is 0.490 e. The third kappa shape index (κ3) is 4.05. The number of hydrogen-bond acceptors (Lipinski definition) is 3. The van der Waals surface area contributed by atoms with Crippen LogP contribution in [-0.2, 0) is 0 Å². The number of fused-ring (bicyclic) bond motifs is 1. The lowest BCUT2D eigenvalue weighted by Crippen LogP contribution is -2.50. The highest BCUT2D eigenvalue weighted by atomic mass is 19.2. The van der Waals surface area contributed by atoms with Crippen molar-refractivity contribution in [2.24, 2.45) is 17.1 Å². The average molecular weight is 429 g/mol. The van der Waals surface area contributed by atoms with E-state index in [0.29, 0.717) is 5.39 Å². The Bertz CT molecular complexity index is 1080. The molecule has 2 aromatic rings. The molecule has 1 aromatic carbocycles. The number of rotatable bonds is 5. The number of aromatic nitrogens is 1. The van der Waals surface area contributed by atoms with Gasteiger partial charge in [-0.3, -0.25) is 4.79 Å². The van der Waals surface area contributed by atoms with Gasteiger partial charge in [-0.05, 0) is 85.6 Å². The molecule has 31 heavy (non-hydrogen) atoms. The van der Waals surface area contributed by atoms with E-state index in [1.807, 2.05) is 25.1 Å². The minimum atomic E-state index is -0.765. The maximum absolute atomic E-state index is 14.0. The summed E-state index contributed by atoms with van der Waals surface area (Å²) in [6.07, 6.45) is 8.83. The van der Waals surface area contributed by atoms with Crippen LogP contribution in [0.3, 0.4) is 0 Å². The Morgan fingerprint density at radius 2 is 2.03 bits per heavy atom. The zero-order chi connectivity index (χ0) is 22.2. The summed E-state index contributed by atoms with van der Waals surface area (Å²) in [4.78, 5) is 14.7. The van der Waals surface area contributed by atoms with E-state index < -0.39 is 11.7 Å². The van der Waals surface area contributed by atoms with E-state index in [-0.39, 0.29) is 35.5 Å². The number of H-pyrrole nitrogens is 1. The molecule has 1 heterocycles. The van der Waals surface area contributed by atoms with Gasteiger partial charge in [0.15, 0.2) is 5.83 Å². The first kappa shape index (κ1) is 21.8. The molecule has 2 aliphatic rings. The molecule has 0 spiro atoms. The van der Waals surface area contributed by atoms with Gasteiger partial charge in [-0.2, -0.15) is 0 Å². The minimum absolute atomic E-state index is 0.0278. The molecule has 1 aromatic heterocycles. The third-order valence-corrected chi connectivity index (χ3v) is 7.28. The van der Waals surface area contributed by atoms with Crippen LogP contribution in [-0.4, -0.2) is 17.1 Å². The summed E-state index contributed by atoms with van der Waals surface area (Å²) in [5, 5.41) is 1.49. The lowest BCUT2D eigenvalue weighted by molar-refractivity contribution is 0.0264. The van der Waals surface area contributed by atoms with Gasteiger partial charge in [0.25, 0.3) is 5.56 Å². The molecule has 0 saturated heterocycles. The number of allylic oxidation sites excluding steroid dienone is 4. The van der Waals surface area contributed by atoms with Crippen molar-refractivity contribution in [1.82, 2.24) is 4.98 Å². The van der Waals surface area contributed by atoms with Crippen molar-refractivity contribution in [3.8, 4) is 5.75 Å². The molecule has 4 nitrogen and oxygen atoms in total. The number of pyridine rings is 1. The standard InChI is InChI=1S/C25H30F2N2O2/c1-3-23(28)25(17-4-5-20(26)21(27)14-17)9-6-18(7-10-25)31-22-13-16-8-11-29-24(30)19(16)12-15(22)2/h4-5,8,11-13,17-18,23H,3,6-7,9-10,14,28H2,1-2H3,(H,29,30). The molecule has 166 valence electrons. The molecule has 0 amide bonds. The fourth-order valence-corrected chi connectivity index (χ4v) is 5.34. The van der Waals surface area contributed by atoms with E-state index in [1.165, 1.54) is 6.08 Å². The van der Waals surface area contributed by atoms with Crippen LogP contribution in [0.2, 0.25) is 0 Å². The second-order valence-corrected chi connectivity index (χ2v) is 9.00. The zero-order valence-electron chi connectivity index (χ0n) is 18.1. The quantitative estimate of drug-likeness (QED) is 0.651. The number of benzene rings is 1. The molecule has 0 bridgehead atoms. The number of halogens is 2. The molecular weight excluding hydrogens is 398 g/mol. The fourth-order valence-electron chi connectivity index (χ4n) is 5.34. The Kier molecular flexibility index (Phi) is 6.02. The molecule has 1 fully saturated rings. The predicted molar refractivity (Wildman–Crippen MR) is 119 cm³/mol. The van der Waals surface area contributed by atoms with Gasteiger partial charge >= 0.3 is 0 Å². The lowest BCUT2D eigenvalue weighted by Gasteiger charge is -2.48. The SMILES string of the molecule is CCC(N)C1(C2C=CC(F)=C(F)C2)CCC(Oc2cc3cc[nH]c(=O)c3cc2C)CC1. The first-order chi connectivity index (χ1) is 14.8. The number of hydrogen-bond donors (Lipinski definition) is 2. The van der Waals surface area contributed by atoms with Gasteiger partial charge in [0.2, 0.25) is 0 Å². The van der Waals surface area contributed by atoms with Gasteiger partial charge in [0.1, 0.15) is 11.6 Å². The Balaban J connectivity index is 1.52. The summed E-state index contributed by atoms with van der Waals surface area (Å²) in [5.74, 6) is -0.754. The summed E-state index contributed by atoms with van der Waals surface area (Å²) < 4.78 is 33.9. The van der Waals surface area contributed by atoms with Gasteiger partial charge < -0.3 is 15.5 Å². The van der Waals surface area contributed by atoms with Crippen LogP contribution >= 0.6 is 0 Å². The maximum Gasteiger partial charge on any atom is 0.255 e. The molecule has 1 saturated carbocycles. The van der Waals surface area contributed by atoms with E-state index in [4.69, 9.17) is 10.5 Å². The highest BCUT2D eigenvalue weighted by Crippen LogP contribution is 2.50. The van der Waals surface area contributed by atoms with Crippen LogP contribution in [0.4, 0.5) is 8.78 Å². The van der Waals surface area contributed by atoms with Crippen LogP contribution in [0, 0.1) is 18.3 Å². The van der Waals surface area contributed by atoms with Crippen LogP contribution < -0.4 is 16.0 Å². The molecule has 4 rings (SSSR count). The van der Waals surface area contributed by atoms with E-state index in [1.54, 1.807) is 12.3 Å². The monoisotopic (exact) mass is 428 g/mol. The first-order valence-electron chi connectivity index (χ1n) is 11.1. The van der Waals surface area contributed by atoms with Crippen molar-refractivity contribution < 1.29 is 13.5 Å². The molecule has 3 N–H and O–H groups in total. The van der Waals surface area contributed by atoms with Crippen LogP contribution in [0.1, 0.15) is 51.0 Å². The third-order valence-electron chi connectivity index (χ3n) is 7.28. The Hall–Kier alpha value is -2.47. The summed E-state index contributed by atoms with van der Waals surface area (Å²) in [6.45, 7) is 3.99. The first-order valence-corrected chi connectivity index (χ1v) is 11.1. The van der Waals surface area contributed by atoms with Crippen molar-refractivity contribution in [3.05, 3.63) is 64.1 Å². The molecule has 2 unspecified atom stereocenters. The number of nitrogens with one attached hydrogen (secondary N) is 1. The fraction of sp³-hybridized carbons (Fsp3) is 0.480. The average Bonchev–Trinajstić information content (AvgIpc) is 2.77. The second-order valence-electron chi connectivity index (χ2n) is 9.00. The van der Waals surface area contributed by atoms with Crippen LogP contribution in [0.25, 0.3) is 10.8 Å². The topological polar surface area (TPSA) is 68.1 Å². The van der Waals surface area contributed by atoms with Gasteiger partial charge in [-0.25, -0.2) is 8.78 Å². The number of aromatic amines is 1. The predicted octanol–water partition coefficient (Wildman–Crippen LogP) is 5.61. The van der Waals surface area contributed by atoms with Gasteiger partial charge in [-0.1, -0.05) is 13.0 Å². The van der Waals surface area contributed by atoms with E-state index in [0.717, 1.165) is 48.8 Å². The minimum Gasteiger partial charge on any atom is -0.490 e. The Morgan fingerprint density at radius 1 is 1.29 bits per heavy atom. The van der Waals surface area contributed by atoms with Gasteiger partial charge in [-0.15, -0.1) is 0 Å². The summed E-state index contributed by atoms with van der Waals surface area (Å²) in [7, 11) is 0. The van der Waals surface area contributed by atoms with Crippen LogP contribution in [0.5, 0.6) is 5.75 Å². The van der Waals surface area contributed by atoms with E-state index in [9.17, 15) is 13.6 Å². The highest BCUT2D eigenvalue weighted by Gasteiger charge is 2.46. The van der Waals surface area contributed by atoms with Crippen molar-refractivity contribution in [2.75, 3.05) is 0 Å². The lowest BCUT2D eigenvalue weighted by atomic mass is 9.59.